The summed E-state index contributed by atoms with van der Waals surface area (Å²) >= 11 is 1.62. The highest BCUT2D eigenvalue weighted by molar-refractivity contribution is 7.16. The van der Waals surface area contributed by atoms with Gasteiger partial charge in [0.05, 0.1) is 16.8 Å². The maximum atomic E-state index is 6.07. The Balaban J connectivity index is 1.82. The van der Waals surface area contributed by atoms with Gasteiger partial charge in [-0.15, -0.1) is 11.3 Å². The van der Waals surface area contributed by atoms with Crippen LogP contribution in [0.4, 0.5) is 5.00 Å². The molecule has 0 aromatic carbocycles. The molecular formula is C11H10N6OS. The fourth-order valence-electron chi connectivity index (χ4n) is 2.40. The Morgan fingerprint density at radius 1 is 1.37 bits per heavy atom. The third-order valence-electron chi connectivity index (χ3n) is 3.23. The van der Waals surface area contributed by atoms with E-state index in [1.807, 2.05) is 0 Å². The van der Waals surface area contributed by atoms with Gasteiger partial charge in [-0.25, -0.2) is 0 Å². The third kappa shape index (κ3) is 1.56. The minimum Gasteiger partial charge on any atom is -0.390 e. The summed E-state index contributed by atoms with van der Waals surface area (Å²) in [6.45, 7) is 0. The second kappa shape index (κ2) is 3.89. The number of nitrogens with zero attached hydrogens (tertiary/aromatic N) is 4. The Hall–Kier alpha value is -2.22. The SMILES string of the molecule is Nc1sc2c(c1-c1nc(-c3cn[nH]n3)no1)CCC2. The molecule has 0 spiro atoms. The van der Waals surface area contributed by atoms with E-state index >= 15 is 0 Å². The molecule has 0 radical (unpaired) electrons. The molecule has 0 unspecified atom stereocenters. The molecule has 0 saturated heterocycles. The van der Waals surface area contributed by atoms with E-state index in [9.17, 15) is 0 Å². The van der Waals surface area contributed by atoms with Crippen LogP contribution in [0.1, 0.15) is 16.9 Å². The number of nitrogens with one attached hydrogen (secondary N) is 1. The average Bonchev–Trinajstić information content (AvgIpc) is 3.11. The molecular weight excluding hydrogens is 264 g/mol. The Bertz CT molecular complexity index is 729. The Morgan fingerprint density at radius 2 is 2.32 bits per heavy atom. The van der Waals surface area contributed by atoms with E-state index in [2.05, 4.69) is 25.6 Å². The van der Waals surface area contributed by atoms with Crippen molar-refractivity contribution in [1.29, 1.82) is 0 Å². The first-order valence-electron chi connectivity index (χ1n) is 5.93. The smallest absolute Gasteiger partial charge is 0.261 e. The molecule has 0 saturated carbocycles. The van der Waals surface area contributed by atoms with Crippen molar-refractivity contribution in [3.63, 3.8) is 0 Å². The minimum atomic E-state index is 0.418. The standard InChI is InChI=1S/C11H10N6OS/c12-9-8(5-2-1-3-7(5)19-9)11-14-10(16-18-11)6-4-13-17-15-6/h4H,1-3,12H2,(H,13,15,17). The zero-order valence-electron chi connectivity index (χ0n) is 9.88. The topological polar surface area (TPSA) is 107 Å². The van der Waals surface area contributed by atoms with Gasteiger partial charge in [0.25, 0.3) is 5.89 Å². The van der Waals surface area contributed by atoms with E-state index in [0.717, 1.165) is 23.4 Å². The zero-order chi connectivity index (χ0) is 12.8. The van der Waals surface area contributed by atoms with Gasteiger partial charge in [0, 0.05) is 4.88 Å². The minimum absolute atomic E-state index is 0.418. The van der Waals surface area contributed by atoms with Crippen LogP contribution in [0.25, 0.3) is 23.0 Å². The highest BCUT2D eigenvalue weighted by Crippen LogP contribution is 2.42. The van der Waals surface area contributed by atoms with E-state index in [4.69, 9.17) is 10.3 Å². The number of anilines is 1. The molecule has 7 nitrogen and oxygen atoms in total. The fourth-order valence-corrected chi connectivity index (χ4v) is 3.55. The molecule has 1 aliphatic rings. The molecule has 0 amide bonds. The number of hydrogen-bond donors (Lipinski definition) is 2. The fraction of sp³-hybridized carbons (Fsp3) is 0.273. The lowest BCUT2D eigenvalue weighted by atomic mass is 10.1. The molecule has 0 aliphatic heterocycles. The lowest BCUT2D eigenvalue weighted by molar-refractivity contribution is 0.432. The van der Waals surface area contributed by atoms with Crippen molar-refractivity contribution in [2.24, 2.45) is 0 Å². The first kappa shape index (κ1) is 10.7. The molecule has 3 N–H and O–H groups in total. The van der Waals surface area contributed by atoms with Crippen molar-refractivity contribution in [3.05, 3.63) is 16.6 Å². The van der Waals surface area contributed by atoms with Crippen molar-refractivity contribution >= 4 is 16.3 Å². The van der Waals surface area contributed by atoms with E-state index in [1.54, 1.807) is 17.5 Å². The Labute approximate surface area is 111 Å². The van der Waals surface area contributed by atoms with Crippen molar-refractivity contribution in [1.82, 2.24) is 25.6 Å². The summed E-state index contributed by atoms with van der Waals surface area (Å²) in [6.07, 6.45) is 4.84. The molecule has 0 atom stereocenters. The molecule has 3 aromatic rings. The predicted octanol–water partition coefficient (Wildman–Crippen LogP) is 1.65. The molecule has 4 rings (SSSR count). The van der Waals surface area contributed by atoms with Gasteiger partial charge in [-0.1, -0.05) is 5.16 Å². The number of aromatic nitrogens is 5. The van der Waals surface area contributed by atoms with E-state index in [0.29, 0.717) is 17.4 Å². The van der Waals surface area contributed by atoms with Gasteiger partial charge in [-0.2, -0.15) is 20.4 Å². The van der Waals surface area contributed by atoms with Crippen LogP contribution in [0.15, 0.2) is 10.7 Å². The highest BCUT2D eigenvalue weighted by Gasteiger charge is 2.25. The van der Waals surface area contributed by atoms with Crippen LogP contribution in [0, 0.1) is 0 Å². The summed E-state index contributed by atoms with van der Waals surface area (Å²) in [4.78, 5) is 5.70. The first-order chi connectivity index (χ1) is 9.33. The van der Waals surface area contributed by atoms with E-state index in [1.165, 1.54) is 16.9 Å². The number of thiophene rings is 1. The summed E-state index contributed by atoms with van der Waals surface area (Å²) in [7, 11) is 0. The molecule has 1 aliphatic carbocycles. The normalized spacial score (nSPS) is 13.9. The van der Waals surface area contributed by atoms with E-state index in [-0.39, 0.29) is 0 Å². The number of rotatable bonds is 2. The van der Waals surface area contributed by atoms with E-state index < -0.39 is 0 Å². The number of fused-ring (bicyclic) bond motifs is 1. The lowest BCUT2D eigenvalue weighted by Crippen LogP contribution is -1.88. The lowest BCUT2D eigenvalue weighted by Gasteiger charge is -1.96. The predicted molar refractivity (Wildman–Crippen MR) is 69.4 cm³/mol. The van der Waals surface area contributed by atoms with Crippen molar-refractivity contribution in [3.8, 4) is 23.0 Å². The number of hydrogen-bond acceptors (Lipinski definition) is 7. The van der Waals surface area contributed by atoms with Crippen LogP contribution in [-0.4, -0.2) is 25.6 Å². The summed E-state index contributed by atoms with van der Waals surface area (Å²) in [6, 6.07) is 0. The van der Waals surface area contributed by atoms with Crippen LogP contribution >= 0.6 is 11.3 Å². The monoisotopic (exact) mass is 274 g/mol. The highest BCUT2D eigenvalue weighted by atomic mass is 32.1. The second-order valence-electron chi connectivity index (χ2n) is 4.37. The van der Waals surface area contributed by atoms with Crippen molar-refractivity contribution in [2.45, 2.75) is 19.3 Å². The maximum Gasteiger partial charge on any atom is 0.261 e. The molecule has 3 heterocycles. The van der Waals surface area contributed by atoms with Crippen LogP contribution in [0.5, 0.6) is 0 Å². The Morgan fingerprint density at radius 3 is 3.16 bits per heavy atom. The summed E-state index contributed by atoms with van der Waals surface area (Å²) in [5, 5.41) is 14.8. The second-order valence-corrected chi connectivity index (χ2v) is 5.51. The number of H-pyrrole nitrogens is 1. The number of aryl methyl sites for hydroxylation is 1. The van der Waals surface area contributed by atoms with Crippen LogP contribution in [-0.2, 0) is 12.8 Å². The maximum absolute atomic E-state index is 6.07. The van der Waals surface area contributed by atoms with Gasteiger partial charge >= 0.3 is 0 Å². The van der Waals surface area contributed by atoms with Gasteiger partial charge in [0.2, 0.25) is 5.82 Å². The summed E-state index contributed by atoms with van der Waals surface area (Å²) < 4.78 is 5.32. The van der Waals surface area contributed by atoms with Gasteiger partial charge in [-0.3, -0.25) is 0 Å². The van der Waals surface area contributed by atoms with Crippen molar-refractivity contribution in [2.75, 3.05) is 5.73 Å². The zero-order valence-corrected chi connectivity index (χ0v) is 10.7. The first-order valence-corrected chi connectivity index (χ1v) is 6.75. The summed E-state index contributed by atoms with van der Waals surface area (Å²) in [5.74, 6) is 0.885. The number of nitrogens with two attached hydrogens (primary N) is 1. The molecule has 0 bridgehead atoms. The average molecular weight is 274 g/mol. The molecule has 96 valence electrons. The third-order valence-corrected chi connectivity index (χ3v) is 4.35. The molecule has 0 fully saturated rings. The van der Waals surface area contributed by atoms with Crippen LogP contribution in [0.3, 0.4) is 0 Å². The van der Waals surface area contributed by atoms with Gasteiger partial charge in [0.15, 0.2) is 5.69 Å². The Kier molecular flexibility index (Phi) is 2.18. The quantitative estimate of drug-likeness (QED) is 0.736. The summed E-state index contributed by atoms with van der Waals surface area (Å²) in [5.41, 5.74) is 8.79. The number of aromatic amines is 1. The number of nitrogen functional groups attached to an aromatic ring is 1. The van der Waals surface area contributed by atoms with Crippen molar-refractivity contribution < 1.29 is 4.52 Å². The molecule has 19 heavy (non-hydrogen) atoms. The largest absolute Gasteiger partial charge is 0.390 e. The molecule has 8 heteroatoms. The van der Waals surface area contributed by atoms with Gasteiger partial charge in [0.1, 0.15) is 0 Å². The van der Waals surface area contributed by atoms with Crippen LogP contribution < -0.4 is 5.73 Å². The van der Waals surface area contributed by atoms with Gasteiger partial charge < -0.3 is 10.3 Å². The van der Waals surface area contributed by atoms with Gasteiger partial charge in [-0.05, 0) is 24.8 Å². The molecule has 3 aromatic heterocycles. The van der Waals surface area contributed by atoms with Crippen LogP contribution in [0.2, 0.25) is 0 Å².